The van der Waals surface area contributed by atoms with Crippen molar-refractivity contribution in [1.29, 1.82) is 0 Å². The van der Waals surface area contributed by atoms with Crippen LogP contribution in [0.15, 0.2) is 18.2 Å². The van der Waals surface area contributed by atoms with E-state index in [0.717, 1.165) is 43.4 Å². The standard InChI is InChI=1S/C15H19NO2/c16-12-6-4-10(5-7-12)14(17)13-3-1-2-11-8-9-18-15(11)13/h1-3,10,12H,4-9,16H2. The van der Waals surface area contributed by atoms with Gasteiger partial charge in [0.2, 0.25) is 0 Å². The van der Waals surface area contributed by atoms with Gasteiger partial charge in [-0.2, -0.15) is 0 Å². The zero-order valence-electron chi connectivity index (χ0n) is 10.5. The van der Waals surface area contributed by atoms with Gasteiger partial charge in [0.05, 0.1) is 12.2 Å². The molecule has 1 aliphatic heterocycles. The van der Waals surface area contributed by atoms with Crippen LogP contribution in [-0.2, 0) is 6.42 Å². The summed E-state index contributed by atoms with van der Waals surface area (Å²) in [5, 5.41) is 0. The number of benzene rings is 1. The quantitative estimate of drug-likeness (QED) is 0.813. The summed E-state index contributed by atoms with van der Waals surface area (Å²) in [6.07, 6.45) is 4.69. The number of carbonyl (C=O) groups is 1. The molecule has 0 atom stereocenters. The first-order valence-electron chi connectivity index (χ1n) is 6.80. The van der Waals surface area contributed by atoms with E-state index < -0.39 is 0 Å². The summed E-state index contributed by atoms with van der Waals surface area (Å²) in [5.41, 5.74) is 7.85. The first-order valence-corrected chi connectivity index (χ1v) is 6.80. The molecule has 0 saturated heterocycles. The van der Waals surface area contributed by atoms with E-state index in [1.165, 1.54) is 5.56 Å². The largest absolute Gasteiger partial charge is 0.492 e. The molecule has 3 rings (SSSR count). The van der Waals surface area contributed by atoms with Crippen molar-refractivity contribution >= 4 is 5.78 Å². The van der Waals surface area contributed by atoms with Crippen LogP contribution in [0.3, 0.4) is 0 Å². The van der Waals surface area contributed by atoms with Crippen molar-refractivity contribution in [1.82, 2.24) is 0 Å². The van der Waals surface area contributed by atoms with Gasteiger partial charge in [0.1, 0.15) is 5.75 Å². The zero-order valence-corrected chi connectivity index (χ0v) is 10.5. The fourth-order valence-corrected chi connectivity index (χ4v) is 3.01. The van der Waals surface area contributed by atoms with Crippen molar-refractivity contribution in [3.05, 3.63) is 29.3 Å². The molecule has 0 unspecified atom stereocenters. The Bertz CT molecular complexity index is 462. The molecular formula is C15H19NO2. The summed E-state index contributed by atoms with van der Waals surface area (Å²) >= 11 is 0. The molecule has 1 saturated carbocycles. The monoisotopic (exact) mass is 245 g/mol. The number of rotatable bonds is 2. The maximum Gasteiger partial charge on any atom is 0.169 e. The van der Waals surface area contributed by atoms with Gasteiger partial charge in [-0.3, -0.25) is 4.79 Å². The van der Waals surface area contributed by atoms with E-state index in [-0.39, 0.29) is 17.7 Å². The van der Waals surface area contributed by atoms with Gasteiger partial charge in [-0.25, -0.2) is 0 Å². The number of nitrogens with two attached hydrogens (primary N) is 1. The van der Waals surface area contributed by atoms with Crippen molar-refractivity contribution in [3.8, 4) is 5.75 Å². The van der Waals surface area contributed by atoms with Crippen LogP contribution in [-0.4, -0.2) is 18.4 Å². The van der Waals surface area contributed by atoms with E-state index in [1.54, 1.807) is 0 Å². The van der Waals surface area contributed by atoms with Crippen molar-refractivity contribution in [3.63, 3.8) is 0 Å². The Labute approximate surface area is 107 Å². The summed E-state index contributed by atoms with van der Waals surface area (Å²) in [6, 6.07) is 6.21. The maximum atomic E-state index is 12.5. The molecule has 0 aromatic heterocycles. The van der Waals surface area contributed by atoms with Gasteiger partial charge >= 0.3 is 0 Å². The van der Waals surface area contributed by atoms with E-state index >= 15 is 0 Å². The van der Waals surface area contributed by atoms with Gasteiger partial charge in [-0.15, -0.1) is 0 Å². The summed E-state index contributed by atoms with van der Waals surface area (Å²) in [6.45, 7) is 0.704. The molecule has 1 fully saturated rings. The van der Waals surface area contributed by atoms with Gasteiger partial charge < -0.3 is 10.5 Å². The van der Waals surface area contributed by atoms with Crippen molar-refractivity contribution in [2.45, 2.75) is 38.1 Å². The lowest BCUT2D eigenvalue weighted by molar-refractivity contribution is 0.0881. The van der Waals surface area contributed by atoms with E-state index in [0.29, 0.717) is 6.61 Å². The molecular weight excluding hydrogens is 226 g/mol. The van der Waals surface area contributed by atoms with Gasteiger partial charge in [-0.1, -0.05) is 12.1 Å². The number of carbonyl (C=O) groups excluding carboxylic acids is 1. The predicted octanol–water partition coefficient (Wildman–Crippen LogP) is 2.32. The molecule has 1 aliphatic carbocycles. The van der Waals surface area contributed by atoms with Crippen LogP contribution in [0.5, 0.6) is 5.75 Å². The summed E-state index contributed by atoms with van der Waals surface area (Å²) in [7, 11) is 0. The highest BCUT2D eigenvalue weighted by atomic mass is 16.5. The van der Waals surface area contributed by atoms with Gasteiger partial charge in [0, 0.05) is 18.4 Å². The second kappa shape index (κ2) is 4.73. The van der Waals surface area contributed by atoms with E-state index in [1.807, 2.05) is 12.1 Å². The zero-order chi connectivity index (χ0) is 12.5. The fraction of sp³-hybridized carbons (Fsp3) is 0.533. The van der Waals surface area contributed by atoms with Crippen LogP contribution in [0.4, 0.5) is 0 Å². The number of ether oxygens (including phenoxy) is 1. The fourth-order valence-electron chi connectivity index (χ4n) is 3.01. The topological polar surface area (TPSA) is 52.3 Å². The first-order chi connectivity index (χ1) is 8.75. The highest BCUT2D eigenvalue weighted by Crippen LogP contribution is 2.34. The molecule has 1 heterocycles. The molecule has 0 amide bonds. The molecule has 0 bridgehead atoms. The third kappa shape index (κ3) is 2.03. The number of ketones is 1. The van der Waals surface area contributed by atoms with E-state index in [2.05, 4.69) is 6.07 Å². The second-order valence-corrected chi connectivity index (χ2v) is 5.37. The Hall–Kier alpha value is -1.35. The van der Waals surface area contributed by atoms with Crippen LogP contribution in [0, 0.1) is 5.92 Å². The highest BCUT2D eigenvalue weighted by molar-refractivity contribution is 6.00. The Kier molecular flexibility index (Phi) is 3.08. The molecule has 0 spiro atoms. The Morgan fingerprint density at radius 2 is 2.00 bits per heavy atom. The summed E-state index contributed by atoms with van der Waals surface area (Å²) in [4.78, 5) is 12.5. The minimum atomic E-state index is 0.139. The smallest absolute Gasteiger partial charge is 0.169 e. The van der Waals surface area contributed by atoms with Crippen LogP contribution < -0.4 is 10.5 Å². The predicted molar refractivity (Wildman–Crippen MR) is 69.9 cm³/mol. The number of Topliss-reactive ketones (excluding diaryl/α,β-unsaturated/α-hetero) is 1. The van der Waals surface area contributed by atoms with Crippen LogP contribution >= 0.6 is 0 Å². The molecule has 18 heavy (non-hydrogen) atoms. The third-order valence-electron chi connectivity index (χ3n) is 4.12. The van der Waals surface area contributed by atoms with Crippen molar-refractivity contribution < 1.29 is 9.53 Å². The Balaban J connectivity index is 1.83. The number of hydrogen-bond donors (Lipinski definition) is 1. The lowest BCUT2D eigenvalue weighted by atomic mass is 9.81. The maximum absolute atomic E-state index is 12.5. The Morgan fingerprint density at radius 3 is 2.78 bits per heavy atom. The minimum absolute atomic E-state index is 0.139. The molecule has 96 valence electrons. The van der Waals surface area contributed by atoms with Gasteiger partial charge in [-0.05, 0) is 37.3 Å². The Morgan fingerprint density at radius 1 is 1.22 bits per heavy atom. The lowest BCUT2D eigenvalue weighted by Gasteiger charge is -2.25. The van der Waals surface area contributed by atoms with Gasteiger partial charge in [0.25, 0.3) is 0 Å². The van der Waals surface area contributed by atoms with Crippen molar-refractivity contribution in [2.24, 2.45) is 11.7 Å². The van der Waals surface area contributed by atoms with Crippen molar-refractivity contribution in [2.75, 3.05) is 6.61 Å². The van der Waals surface area contributed by atoms with Crippen LogP contribution in [0.25, 0.3) is 0 Å². The number of hydrogen-bond acceptors (Lipinski definition) is 3. The third-order valence-corrected chi connectivity index (χ3v) is 4.12. The second-order valence-electron chi connectivity index (χ2n) is 5.37. The lowest BCUT2D eigenvalue weighted by Crippen LogP contribution is -2.30. The van der Waals surface area contributed by atoms with Gasteiger partial charge in [0.15, 0.2) is 5.78 Å². The molecule has 1 aromatic carbocycles. The highest BCUT2D eigenvalue weighted by Gasteiger charge is 2.29. The summed E-state index contributed by atoms with van der Waals surface area (Å²) in [5.74, 6) is 1.22. The summed E-state index contributed by atoms with van der Waals surface area (Å²) < 4.78 is 5.62. The molecule has 2 aliphatic rings. The molecule has 0 radical (unpaired) electrons. The minimum Gasteiger partial charge on any atom is -0.492 e. The normalized spacial score (nSPS) is 26.5. The molecule has 3 nitrogen and oxygen atoms in total. The number of para-hydroxylation sites is 1. The SMILES string of the molecule is NC1CCC(C(=O)c2cccc3c2OCC3)CC1. The molecule has 3 heteroatoms. The van der Waals surface area contributed by atoms with E-state index in [4.69, 9.17) is 10.5 Å². The van der Waals surface area contributed by atoms with Crippen LogP contribution in [0.2, 0.25) is 0 Å². The van der Waals surface area contributed by atoms with E-state index in [9.17, 15) is 4.79 Å². The average Bonchev–Trinajstić information content (AvgIpc) is 2.87. The average molecular weight is 245 g/mol. The number of fused-ring (bicyclic) bond motifs is 1. The molecule has 1 aromatic rings. The first kappa shape index (κ1) is 11.7. The van der Waals surface area contributed by atoms with Crippen LogP contribution in [0.1, 0.15) is 41.6 Å². The molecule has 2 N–H and O–H groups in total.